The Bertz CT molecular complexity index is 519. The zero-order chi connectivity index (χ0) is 15.3. The molecule has 110 valence electrons. The molecule has 1 atom stereocenters. The molecule has 0 fully saturated rings. The molecule has 0 aliphatic rings. The predicted octanol–water partition coefficient (Wildman–Crippen LogP) is 1.06. The first-order valence-electron chi connectivity index (χ1n) is 5.77. The summed E-state index contributed by atoms with van der Waals surface area (Å²) in [6.45, 7) is 0.932. The average molecular weight is 304 g/mol. The normalized spacial score (nSPS) is 13.4. The summed E-state index contributed by atoms with van der Waals surface area (Å²) in [7, 11) is 1.14. The third-order valence-corrected chi connectivity index (χ3v) is 2.97. The monoisotopic (exact) mass is 303 g/mol. The van der Waals surface area contributed by atoms with Gasteiger partial charge in [-0.05, 0) is 24.6 Å². The molecule has 1 aromatic carbocycles. The first-order valence-corrected chi connectivity index (χ1v) is 6.15. The standard InChI is InChI=1S/C13H15ClFNO4/c1-13(19,12(18)20-2)7-16-11(17)5-8-3-4-9(15)6-10(8)14/h3-4,6,19H,5,7H2,1-2H3,(H,16,17)/t13-/m0/s1. The Labute approximate surface area is 120 Å². The summed E-state index contributed by atoms with van der Waals surface area (Å²) in [4.78, 5) is 22.9. The maximum absolute atomic E-state index is 12.8. The molecule has 1 rings (SSSR count). The molecule has 0 spiro atoms. The van der Waals surface area contributed by atoms with Crippen LogP contribution in [0.2, 0.25) is 5.02 Å². The van der Waals surface area contributed by atoms with Gasteiger partial charge < -0.3 is 15.2 Å². The maximum atomic E-state index is 12.8. The number of methoxy groups -OCH3 is 1. The van der Waals surface area contributed by atoms with Gasteiger partial charge in [-0.1, -0.05) is 17.7 Å². The lowest BCUT2D eigenvalue weighted by Crippen LogP contribution is -2.47. The molecular weight excluding hydrogens is 289 g/mol. The van der Waals surface area contributed by atoms with E-state index in [1.165, 1.54) is 19.1 Å². The lowest BCUT2D eigenvalue weighted by atomic mass is 10.1. The summed E-state index contributed by atoms with van der Waals surface area (Å²) in [5, 5.41) is 12.2. The SMILES string of the molecule is COC(=O)[C@@](C)(O)CNC(=O)Cc1ccc(F)cc1Cl. The highest BCUT2D eigenvalue weighted by atomic mass is 35.5. The maximum Gasteiger partial charge on any atom is 0.339 e. The van der Waals surface area contributed by atoms with Crippen LogP contribution >= 0.6 is 11.6 Å². The fraction of sp³-hybridized carbons (Fsp3) is 0.385. The van der Waals surface area contributed by atoms with Crippen LogP contribution in [-0.2, 0) is 20.7 Å². The van der Waals surface area contributed by atoms with Gasteiger partial charge in [0.2, 0.25) is 5.91 Å². The van der Waals surface area contributed by atoms with Gasteiger partial charge in [-0.15, -0.1) is 0 Å². The minimum atomic E-state index is -1.81. The van der Waals surface area contributed by atoms with E-state index in [1.54, 1.807) is 0 Å². The minimum Gasteiger partial charge on any atom is -0.467 e. The molecule has 0 saturated carbocycles. The Balaban J connectivity index is 2.58. The van der Waals surface area contributed by atoms with Crippen LogP contribution in [0, 0.1) is 5.82 Å². The number of benzene rings is 1. The number of hydrogen-bond donors (Lipinski definition) is 2. The van der Waals surface area contributed by atoms with E-state index in [2.05, 4.69) is 10.1 Å². The van der Waals surface area contributed by atoms with Gasteiger partial charge in [-0.3, -0.25) is 4.79 Å². The van der Waals surface area contributed by atoms with Crippen molar-refractivity contribution in [1.82, 2.24) is 5.32 Å². The van der Waals surface area contributed by atoms with Gasteiger partial charge in [-0.25, -0.2) is 9.18 Å². The van der Waals surface area contributed by atoms with E-state index in [9.17, 15) is 19.1 Å². The van der Waals surface area contributed by atoms with Crippen LogP contribution in [0.25, 0.3) is 0 Å². The molecule has 0 aromatic heterocycles. The summed E-state index contributed by atoms with van der Waals surface area (Å²) >= 11 is 5.79. The van der Waals surface area contributed by atoms with E-state index in [4.69, 9.17) is 11.6 Å². The van der Waals surface area contributed by atoms with Gasteiger partial charge >= 0.3 is 5.97 Å². The van der Waals surface area contributed by atoms with Crippen molar-refractivity contribution in [1.29, 1.82) is 0 Å². The van der Waals surface area contributed by atoms with Crippen molar-refractivity contribution >= 4 is 23.5 Å². The van der Waals surface area contributed by atoms with Crippen molar-refractivity contribution < 1.29 is 23.8 Å². The molecule has 0 bridgehead atoms. The van der Waals surface area contributed by atoms with Crippen molar-refractivity contribution in [2.75, 3.05) is 13.7 Å². The average Bonchev–Trinajstić information content (AvgIpc) is 2.39. The Morgan fingerprint density at radius 2 is 2.15 bits per heavy atom. The van der Waals surface area contributed by atoms with Crippen molar-refractivity contribution in [3.8, 4) is 0 Å². The molecule has 2 N–H and O–H groups in total. The van der Waals surface area contributed by atoms with Crippen LogP contribution in [0.4, 0.5) is 4.39 Å². The van der Waals surface area contributed by atoms with Crippen LogP contribution in [0.3, 0.4) is 0 Å². The fourth-order valence-electron chi connectivity index (χ4n) is 1.46. The topological polar surface area (TPSA) is 75.6 Å². The molecule has 0 saturated heterocycles. The van der Waals surface area contributed by atoms with Crippen LogP contribution in [0.15, 0.2) is 18.2 Å². The van der Waals surface area contributed by atoms with Gasteiger partial charge in [0.25, 0.3) is 0 Å². The lowest BCUT2D eigenvalue weighted by molar-refractivity contribution is -0.160. The molecule has 0 radical (unpaired) electrons. The number of aliphatic hydroxyl groups is 1. The van der Waals surface area contributed by atoms with Gasteiger partial charge in [0.15, 0.2) is 5.60 Å². The van der Waals surface area contributed by atoms with E-state index in [1.807, 2.05) is 0 Å². The van der Waals surface area contributed by atoms with E-state index in [0.29, 0.717) is 5.56 Å². The van der Waals surface area contributed by atoms with Crippen molar-refractivity contribution in [3.05, 3.63) is 34.6 Å². The van der Waals surface area contributed by atoms with E-state index in [0.717, 1.165) is 13.2 Å². The predicted molar refractivity (Wildman–Crippen MR) is 70.8 cm³/mol. The number of hydrogen-bond acceptors (Lipinski definition) is 4. The van der Waals surface area contributed by atoms with Crippen LogP contribution < -0.4 is 5.32 Å². The number of rotatable bonds is 5. The molecule has 0 aliphatic heterocycles. The number of amides is 1. The third-order valence-electron chi connectivity index (χ3n) is 2.62. The molecule has 0 aliphatic carbocycles. The highest BCUT2D eigenvalue weighted by molar-refractivity contribution is 6.31. The number of halogens is 2. The largest absolute Gasteiger partial charge is 0.467 e. The molecule has 0 heterocycles. The summed E-state index contributed by atoms with van der Waals surface area (Å²) in [5.41, 5.74) is -1.36. The number of nitrogens with one attached hydrogen (secondary N) is 1. The van der Waals surface area contributed by atoms with E-state index < -0.39 is 23.3 Å². The highest BCUT2D eigenvalue weighted by Crippen LogP contribution is 2.17. The highest BCUT2D eigenvalue weighted by Gasteiger charge is 2.31. The Kier molecular flexibility index (Phi) is 5.47. The molecule has 1 amide bonds. The van der Waals surface area contributed by atoms with Gasteiger partial charge in [0.05, 0.1) is 20.1 Å². The Hall–Kier alpha value is -1.66. The molecule has 0 unspecified atom stereocenters. The molecule has 20 heavy (non-hydrogen) atoms. The number of esters is 1. The summed E-state index contributed by atoms with van der Waals surface area (Å²) in [6.07, 6.45) is -0.0869. The van der Waals surface area contributed by atoms with Crippen molar-refractivity contribution in [2.45, 2.75) is 18.9 Å². The molecule has 5 nitrogen and oxygen atoms in total. The van der Waals surface area contributed by atoms with Crippen molar-refractivity contribution in [3.63, 3.8) is 0 Å². The Morgan fingerprint density at radius 3 is 2.70 bits per heavy atom. The third kappa shape index (κ3) is 4.47. The lowest BCUT2D eigenvalue weighted by Gasteiger charge is -2.20. The zero-order valence-corrected chi connectivity index (χ0v) is 11.8. The zero-order valence-electron chi connectivity index (χ0n) is 11.1. The van der Waals surface area contributed by atoms with Crippen LogP contribution in [0.5, 0.6) is 0 Å². The van der Waals surface area contributed by atoms with Gasteiger partial charge in [0.1, 0.15) is 5.82 Å². The number of carbonyl (C=O) groups excluding carboxylic acids is 2. The summed E-state index contributed by atoms with van der Waals surface area (Å²) < 4.78 is 17.2. The van der Waals surface area contributed by atoms with Gasteiger partial charge in [0, 0.05) is 5.02 Å². The van der Waals surface area contributed by atoms with Crippen LogP contribution in [0.1, 0.15) is 12.5 Å². The second-order valence-corrected chi connectivity index (χ2v) is 4.86. The minimum absolute atomic E-state index is 0.0869. The quantitative estimate of drug-likeness (QED) is 0.798. The van der Waals surface area contributed by atoms with Crippen molar-refractivity contribution in [2.24, 2.45) is 0 Å². The summed E-state index contributed by atoms with van der Waals surface area (Å²) in [5.74, 6) is -1.80. The second-order valence-electron chi connectivity index (χ2n) is 4.45. The van der Waals surface area contributed by atoms with Gasteiger partial charge in [-0.2, -0.15) is 0 Å². The smallest absolute Gasteiger partial charge is 0.339 e. The summed E-state index contributed by atoms with van der Waals surface area (Å²) in [6, 6.07) is 3.70. The Morgan fingerprint density at radius 1 is 1.50 bits per heavy atom. The fourth-order valence-corrected chi connectivity index (χ4v) is 1.70. The molecular formula is C13H15ClFNO4. The van der Waals surface area contributed by atoms with E-state index in [-0.39, 0.29) is 18.0 Å². The first-order chi connectivity index (χ1) is 9.26. The second kappa shape index (κ2) is 6.67. The molecule has 1 aromatic rings. The van der Waals surface area contributed by atoms with E-state index >= 15 is 0 Å². The van der Waals surface area contributed by atoms with Crippen LogP contribution in [-0.4, -0.2) is 36.2 Å². The number of ether oxygens (including phenoxy) is 1. The first kappa shape index (κ1) is 16.4. The number of carbonyl (C=O) groups is 2. The molecule has 7 heteroatoms.